The molecule has 0 atom stereocenters. The number of para-hydroxylation sites is 1. The number of rotatable bonds is 4. The number of hydrogen-bond acceptors (Lipinski definition) is 1. The van der Waals surface area contributed by atoms with Crippen LogP contribution in [0, 0.1) is 0 Å². The maximum Gasteiger partial charge on any atom is 0.0463 e. The topological polar surface area (TPSA) is 12.0 Å². The van der Waals surface area contributed by atoms with Crippen LogP contribution in [0.2, 0.25) is 0 Å². The van der Waals surface area contributed by atoms with E-state index >= 15 is 0 Å². The predicted molar refractivity (Wildman–Crippen MR) is 105 cm³/mol. The molecule has 2 heteroatoms. The Kier molecular flexibility index (Phi) is 4.44. The average Bonchev–Trinajstić information content (AvgIpc) is 2.56. The van der Waals surface area contributed by atoms with Gasteiger partial charge < -0.3 is 5.32 Å². The van der Waals surface area contributed by atoms with Crippen LogP contribution in [0.5, 0.6) is 0 Å². The van der Waals surface area contributed by atoms with E-state index in [0.717, 1.165) is 11.4 Å². The molecule has 3 aromatic carbocycles. The second-order valence-electron chi connectivity index (χ2n) is 6.40. The fourth-order valence-corrected chi connectivity index (χ4v) is 3.52. The van der Waals surface area contributed by atoms with Gasteiger partial charge >= 0.3 is 0 Å². The highest BCUT2D eigenvalue weighted by Gasteiger charge is 2.08. The van der Waals surface area contributed by atoms with Crippen LogP contribution in [0.1, 0.15) is 0 Å². The molecule has 0 amide bonds. The van der Waals surface area contributed by atoms with E-state index in [9.17, 15) is 0 Å². The number of benzene rings is 3. The first-order valence-electron chi connectivity index (χ1n) is 7.74. The standard InChI is InChI=1S/C21H23NS/c1-23(2,3)19-15-13-18(14-16-19)22-21-12-8-7-11-20(21)17-9-5-4-6-10-17/h4-16,22H,1-3H3. The molecule has 0 aliphatic carbocycles. The third kappa shape index (κ3) is 3.77. The zero-order valence-electron chi connectivity index (χ0n) is 13.9. The van der Waals surface area contributed by atoms with Gasteiger partial charge in [-0.25, -0.2) is 10.0 Å². The van der Waals surface area contributed by atoms with Crippen molar-refractivity contribution in [2.45, 2.75) is 4.90 Å². The van der Waals surface area contributed by atoms with E-state index in [1.54, 1.807) is 0 Å². The van der Waals surface area contributed by atoms with Gasteiger partial charge in [-0.2, -0.15) is 0 Å². The molecule has 0 fully saturated rings. The highest BCUT2D eigenvalue weighted by atomic mass is 32.3. The Hall–Kier alpha value is -2.19. The van der Waals surface area contributed by atoms with Crippen molar-refractivity contribution >= 4 is 21.4 Å². The summed E-state index contributed by atoms with van der Waals surface area (Å²) in [6.07, 6.45) is 6.96. The molecule has 1 nitrogen and oxygen atoms in total. The van der Waals surface area contributed by atoms with Crippen molar-refractivity contribution < 1.29 is 0 Å². The molecule has 0 unspecified atom stereocenters. The molecule has 118 valence electrons. The fraction of sp³-hybridized carbons (Fsp3) is 0.143. The summed E-state index contributed by atoms with van der Waals surface area (Å²) in [6.45, 7) is 0. The van der Waals surface area contributed by atoms with Crippen molar-refractivity contribution in [2.75, 3.05) is 24.1 Å². The van der Waals surface area contributed by atoms with Crippen molar-refractivity contribution in [1.82, 2.24) is 0 Å². The summed E-state index contributed by atoms with van der Waals surface area (Å²) >= 11 is 0. The largest absolute Gasteiger partial charge is 0.355 e. The van der Waals surface area contributed by atoms with E-state index < -0.39 is 10.0 Å². The minimum atomic E-state index is -0.671. The fourth-order valence-electron chi connectivity index (χ4n) is 2.56. The van der Waals surface area contributed by atoms with E-state index in [-0.39, 0.29) is 0 Å². The Morgan fingerprint density at radius 1 is 0.652 bits per heavy atom. The van der Waals surface area contributed by atoms with Gasteiger partial charge in [0.15, 0.2) is 0 Å². The lowest BCUT2D eigenvalue weighted by Crippen LogP contribution is -1.95. The predicted octanol–water partition coefficient (Wildman–Crippen LogP) is 6.15. The minimum Gasteiger partial charge on any atom is -0.355 e. The number of nitrogens with one attached hydrogen (secondary N) is 1. The normalized spacial score (nSPS) is 12.0. The highest BCUT2D eigenvalue weighted by Crippen LogP contribution is 2.45. The molecule has 23 heavy (non-hydrogen) atoms. The molecule has 0 heterocycles. The van der Waals surface area contributed by atoms with Crippen LogP contribution in [0.25, 0.3) is 11.1 Å². The summed E-state index contributed by atoms with van der Waals surface area (Å²) in [5.74, 6) is 0. The summed E-state index contributed by atoms with van der Waals surface area (Å²) in [6, 6.07) is 27.8. The monoisotopic (exact) mass is 321 g/mol. The van der Waals surface area contributed by atoms with Crippen LogP contribution in [0.15, 0.2) is 83.8 Å². The third-order valence-corrected chi connectivity index (χ3v) is 5.54. The Balaban J connectivity index is 1.89. The number of anilines is 2. The summed E-state index contributed by atoms with van der Waals surface area (Å²) in [4.78, 5) is 1.43. The SMILES string of the molecule is CS(C)(C)c1ccc(Nc2ccccc2-c2ccccc2)cc1. The van der Waals surface area contributed by atoms with Gasteiger partial charge in [0.2, 0.25) is 0 Å². The lowest BCUT2D eigenvalue weighted by molar-refractivity contribution is 1.42. The van der Waals surface area contributed by atoms with E-state index in [4.69, 9.17) is 0 Å². The second-order valence-corrected chi connectivity index (χ2v) is 10.5. The van der Waals surface area contributed by atoms with Crippen LogP contribution >= 0.6 is 10.0 Å². The van der Waals surface area contributed by atoms with E-state index in [0.29, 0.717) is 0 Å². The molecule has 0 bridgehead atoms. The first-order valence-corrected chi connectivity index (χ1v) is 10.6. The lowest BCUT2D eigenvalue weighted by Gasteiger charge is -2.26. The molecule has 0 aromatic heterocycles. The first kappa shape index (κ1) is 15.7. The molecule has 0 saturated heterocycles. The van der Waals surface area contributed by atoms with Gasteiger partial charge in [-0.3, -0.25) is 0 Å². The number of hydrogen-bond donors (Lipinski definition) is 1. The molecule has 1 N–H and O–H groups in total. The van der Waals surface area contributed by atoms with Crippen molar-refractivity contribution in [3.05, 3.63) is 78.9 Å². The molecule has 0 radical (unpaired) electrons. The van der Waals surface area contributed by atoms with Crippen molar-refractivity contribution in [3.63, 3.8) is 0 Å². The zero-order valence-corrected chi connectivity index (χ0v) is 14.7. The molecule has 3 rings (SSSR count). The summed E-state index contributed by atoms with van der Waals surface area (Å²) in [5.41, 5.74) is 4.71. The van der Waals surface area contributed by atoms with E-state index in [1.165, 1.54) is 16.0 Å². The van der Waals surface area contributed by atoms with Crippen LogP contribution in [0.4, 0.5) is 11.4 Å². The minimum absolute atomic E-state index is 0.671. The van der Waals surface area contributed by atoms with Gasteiger partial charge in [0.25, 0.3) is 0 Å². The van der Waals surface area contributed by atoms with Gasteiger partial charge in [0.1, 0.15) is 0 Å². The summed E-state index contributed by atoms with van der Waals surface area (Å²) in [7, 11) is -0.671. The van der Waals surface area contributed by atoms with Crippen LogP contribution in [-0.4, -0.2) is 18.8 Å². The molecule has 0 saturated carbocycles. The third-order valence-electron chi connectivity index (χ3n) is 3.85. The van der Waals surface area contributed by atoms with Gasteiger partial charge in [-0.15, -0.1) is 0 Å². The second kappa shape index (κ2) is 6.51. The summed E-state index contributed by atoms with van der Waals surface area (Å²) < 4.78 is 0. The smallest absolute Gasteiger partial charge is 0.0463 e. The molecule has 3 aromatic rings. The Bertz CT molecular complexity index is 771. The molecular formula is C21H23NS. The maximum atomic E-state index is 3.56. The molecule has 0 aliphatic heterocycles. The maximum absolute atomic E-state index is 3.56. The Labute approximate surface area is 140 Å². The van der Waals surface area contributed by atoms with Crippen LogP contribution < -0.4 is 5.32 Å². The average molecular weight is 321 g/mol. The highest BCUT2D eigenvalue weighted by molar-refractivity contribution is 8.32. The van der Waals surface area contributed by atoms with Gasteiger partial charge in [-0.1, -0.05) is 48.5 Å². The van der Waals surface area contributed by atoms with Gasteiger partial charge in [-0.05, 0) is 59.6 Å². The van der Waals surface area contributed by atoms with Gasteiger partial charge in [0, 0.05) is 16.9 Å². The Morgan fingerprint density at radius 2 is 1.26 bits per heavy atom. The Morgan fingerprint density at radius 3 is 1.91 bits per heavy atom. The zero-order chi connectivity index (χ0) is 16.3. The lowest BCUT2D eigenvalue weighted by atomic mass is 10.0. The van der Waals surface area contributed by atoms with Crippen molar-refractivity contribution in [2.24, 2.45) is 0 Å². The molecular weight excluding hydrogens is 298 g/mol. The molecule has 0 spiro atoms. The first-order chi connectivity index (χ1) is 11.0. The van der Waals surface area contributed by atoms with E-state index in [2.05, 4.69) is 96.9 Å². The van der Waals surface area contributed by atoms with E-state index in [1.807, 2.05) is 6.07 Å². The van der Waals surface area contributed by atoms with Crippen LogP contribution in [0.3, 0.4) is 0 Å². The van der Waals surface area contributed by atoms with Crippen molar-refractivity contribution in [1.29, 1.82) is 0 Å². The quantitative estimate of drug-likeness (QED) is 0.607. The molecule has 0 aliphatic rings. The van der Waals surface area contributed by atoms with Gasteiger partial charge in [0.05, 0.1) is 0 Å². The summed E-state index contributed by atoms with van der Waals surface area (Å²) in [5, 5.41) is 3.56. The van der Waals surface area contributed by atoms with Crippen molar-refractivity contribution in [3.8, 4) is 11.1 Å². The van der Waals surface area contributed by atoms with Crippen LogP contribution in [-0.2, 0) is 0 Å².